The summed E-state index contributed by atoms with van der Waals surface area (Å²) in [5, 5.41) is 5.55. The van der Waals surface area contributed by atoms with Crippen LogP contribution < -0.4 is 20.3 Å². The first-order valence-corrected chi connectivity index (χ1v) is 14.5. The number of amides is 3. The summed E-state index contributed by atoms with van der Waals surface area (Å²) in [6.07, 6.45) is 0.697. The van der Waals surface area contributed by atoms with Crippen molar-refractivity contribution in [2.75, 3.05) is 41.8 Å². The van der Waals surface area contributed by atoms with Crippen LogP contribution in [0, 0.1) is 5.92 Å². The van der Waals surface area contributed by atoms with Crippen molar-refractivity contribution >= 4 is 44.8 Å². The van der Waals surface area contributed by atoms with E-state index in [2.05, 4.69) is 15.4 Å². The van der Waals surface area contributed by atoms with Crippen LogP contribution in [0.4, 0.5) is 17.1 Å². The van der Waals surface area contributed by atoms with Gasteiger partial charge in [-0.15, -0.1) is 0 Å². The van der Waals surface area contributed by atoms with Gasteiger partial charge in [0.05, 0.1) is 10.8 Å². The number of sulfonamides is 1. The van der Waals surface area contributed by atoms with Gasteiger partial charge < -0.3 is 20.3 Å². The number of benzene rings is 3. The van der Waals surface area contributed by atoms with E-state index < -0.39 is 15.9 Å². The summed E-state index contributed by atoms with van der Waals surface area (Å²) >= 11 is 0. The zero-order valence-corrected chi connectivity index (χ0v) is 22.9. The molecular formula is C29H32N4O6S. The summed E-state index contributed by atoms with van der Waals surface area (Å²) in [5.41, 5.74) is 2.07. The zero-order chi connectivity index (χ0) is 28.5. The minimum atomic E-state index is -3.66. The topological polar surface area (TPSA) is 134 Å². The van der Waals surface area contributed by atoms with E-state index in [1.807, 2.05) is 37.3 Å². The van der Waals surface area contributed by atoms with Crippen molar-refractivity contribution < 1.29 is 27.5 Å². The molecule has 0 aliphatic carbocycles. The molecule has 1 heterocycles. The molecule has 3 aromatic rings. The van der Waals surface area contributed by atoms with Crippen molar-refractivity contribution in [2.24, 2.45) is 5.92 Å². The van der Waals surface area contributed by atoms with E-state index in [1.165, 1.54) is 24.3 Å². The normalized spacial score (nSPS) is 15.2. The molecule has 3 aromatic carbocycles. The van der Waals surface area contributed by atoms with Crippen molar-refractivity contribution in [1.82, 2.24) is 4.72 Å². The van der Waals surface area contributed by atoms with Gasteiger partial charge in [-0.1, -0.05) is 18.2 Å². The maximum absolute atomic E-state index is 12.8. The molecule has 1 aliphatic rings. The summed E-state index contributed by atoms with van der Waals surface area (Å²) in [6, 6.07) is 21.5. The monoisotopic (exact) mass is 564 g/mol. The Labute approximate surface area is 233 Å². The average Bonchev–Trinajstić information content (AvgIpc) is 3.36. The van der Waals surface area contributed by atoms with Gasteiger partial charge in [0.25, 0.3) is 5.91 Å². The van der Waals surface area contributed by atoms with Gasteiger partial charge in [0.1, 0.15) is 0 Å². The van der Waals surface area contributed by atoms with Crippen molar-refractivity contribution in [2.45, 2.75) is 24.7 Å². The molecule has 1 atom stereocenters. The van der Waals surface area contributed by atoms with E-state index in [1.54, 1.807) is 29.2 Å². The molecule has 10 nitrogen and oxygen atoms in total. The number of rotatable bonds is 12. The maximum atomic E-state index is 12.8. The minimum absolute atomic E-state index is 0.0952. The molecule has 0 saturated carbocycles. The standard InChI is InChI=1S/C29H32N4O6S/c1-2-39-18-6-17-30-40(37,38)26-15-13-24(14-16-26)31-28(35)21-9-11-23(12-10-21)32-29(36)22-19-27(34)33(20-22)25-7-4-3-5-8-25/h3-5,7-16,22,30H,2,6,17-20H2,1H3,(H,31,35)(H,32,36). The number of anilines is 3. The minimum Gasteiger partial charge on any atom is -0.382 e. The smallest absolute Gasteiger partial charge is 0.255 e. The van der Waals surface area contributed by atoms with Gasteiger partial charge in [0.2, 0.25) is 21.8 Å². The Hall–Kier alpha value is -4.06. The number of nitrogens with one attached hydrogen (secondary N) is 3. The van der Waals surface area contributed by atoms with E-state index in [4.69, 9.17) is 4.74 Å². The number of carbonyl (C=O) groups excluding carboxylic acids is 3. The quantitative estimate of drug-likeness (QED) is 0.288. The van der Waals surface area contributed by atoms with Gasteiger partial charge in [-0.3, -0.25) is 14.4 Å². The zero-order valence-electron chi connectivity index (χ0n) is 22.1. The van der Waals surface area contributed by atoms with Crippen molar-refractivity contribution in [3.8, 4) is 0 Å². The molecule has 0 radical (unpaired) electrons. The highest BCUT2D eigenvalue weighted by atomic mass is 32.2. The Morgan fingerprint density at radius 3 is 2.25 bits per heavy atom. The first-order valence-electron chi connectivity index (χ1n) is 13.0. The van der Waals surface area contributed by atoms with Crippen LogP contribution in [0.25, 0.3) is 0 Å². The molecule has 1 aliphatic heterocycles. The van der Waals surface area contributed by atoms with Crippen LogP contribution in [0.1, 0.15) is 30.1 Å². The van der Waals surface area contributed by atoms with E-state index in [0.717, 1.165) is 5.69 Å². The van der Waals surface area contributed by atoms with Gasteiger partial charge in [-0.2, -0.15) is 0 Å². The van der Waals surface area contributed by atoms with Crippen LogP contribution in [0.3, 0.4) is 0 Å². The van der Waals surface area contributed by atoms with Gasteiger partial charge in [0, 0.05) is 55.3 Å². The van der Waals surface area contributed by atoms with Gasteiger partial charge in [-0.05, 0) is 74.0 Å². The van der Waals surface area contributed by atoms with Crippen LogP contribution >= 0.6 is 0 Å². The highest BCUT2D eigenvalue weighted by Crippen LogP contribution is 2.26. The average molecular weight is 565 g/mol. The second kappa shape index (κ2) is 13.3. The SMILES string of the molecule is CCOCCCNS(=O)(=O)c1ccc(NC(=O)c2ccc(NC(=O)C3CC(=O)N(c4ccccc4)C3)cc2)cc1. The van der Waals surface area contributed by atoms with Gasteiger partial charge in [-0.25, -0.2) is 13.1 Å². The van der Waals surface area contributed by atoms with E-state index >= 15 is 0 Å². The Bertz CT molecular complexity index is 1430. The largest absolute Gasteiger partial charge is 0.382 e. The molecule has 40 heavy (non-hydrogen) atoms. The Morgan fingerprint density at radius 1 is 0.925 bits per heavy atom. The highest BCUT2D eigenvalue weighted by Gasteiger charge is 2.35. The Morgan fingerprint density at radius 2 is 1.57 bits per heavy atom. The molecule has 0 bridgehead atoms. The van der Waals surface area contributed by atoms with Crippen molar-refractivity contribution in [1.29, 1.82) is 0 Å². The number of nitrogens with zero attached hydrogens (tertiary/aromatic N) is 1. The third-order valence-electron chi connectivity index (χ3n) is 6.36. The fourth-order valence-corrected chi connectivity index (χ4v) is 5.29. The molecule has 11 heteroatoms. The number of hydrogen-bond acceptors (Lipinski definition) is 6. The fourth-order valence-electron chi connectivity index (χ4n) is 4.22. The van der Waals surface area contributed by atoms with Crippen LogP contribution in [-0.4, -0.2) is 52.4 Å². The lowest BCUT2D eigenvalue weighted by atomic mass is 10.1. The third kappa shape index (κ3) is 7.53. The van der Waals surface area contributed by atoms with Crippen LogP contribution in [0.2, 0.25) is 0 Å². The molecule has 0 spiro atoms. The molecule has 1 unspecified atom stereocenters. The summed E-state index contributed by atoms with van der Waals surface area (Å²) in [4.78, 5) is 39.6. The molecule has 210 valence electrons. The molecule has 1 saturated heterocycles. The maximum Gasteiger partial charge on any atom is 0.255 e. The van der Waals surface area contributed by atoms with E-state index in [9.17, 15) is 22.8 Å². The first kappa shape index (κ1) is 28.9. The number of carbonyl (C=O) groups is 3. The van der Waals surface area contributed by atoms with Crippen LogP contribution in [0.5, 0.6) is 0 Å². The number of ether oxygens (including phenoxy) is 1. The molecule has 1 fully saturated rings. The molecule has 0 aromatic heterocycles. The molecule has 4 rings (SSSR count). The fraction of sp³-hybridized carbons (Fsp3) is 0.276. The van der Waals surface area contributed by atoms with Crippen LogP contribution in [-0.2, 0) is 24.3 Å². The van der Waals surface area contributed by atoms with E-state index in [0.29, 0.717) is 43.1 Å². The van der Waals surface area contributed by atoms with E-state index in [-0.39, 0.29) is 35.6 Å². The highest BCUT2D eigenvalue weighted by molar-refractivity contribution is 7.89. The van der Waals surface area contributed by atoms with Crippen molar-refractivity contribution in [3.63, 3.8) is 0 Å². The molecular weight excluding hydrogens is 532 g/mol. The predicted octanol–water partition coefficient (Wildman–Crippen LogP) is 3.64. The number of para-hydroxylation sites is 1. The second-order valence-corrected chi connectivity index (χ2v) is 11.0. The Kier molecular flexibility index (Phi) is 9.65. The number of hydrogen-bond donors (Lipinski definition) is 3. The summed E-state index contributed by atoms with van der Waals surface area (Å²) in [6.45, 7) is 3.51. The first-order chi connectivity index (χ1) is 19.3. The Balaban J connectivity index is 1.28. The lowest BCUT2D eigenvalue weighted by Gasteiger charge is -2.16. The summed E-state index contributed by atoms with van der Waals surface area (Å²) in [5.74, 6) is -1.23. The summed E-state index contributed by atoms with van der Waals surface area (Å²) in [7, 11) is -3.66. The lowest BCUT2D eigenvalue weighted by molar-refractivity contribution is -0.122. The van der Waals surface area contributed by atoms with Crippen molar-refractivity contribution in [3.05, 3.63) is 84.4 Å². The van der Waals surface area contributed by atoms with Gasteiger partial charge in [0.15, 0.2) is 0 Å². The lowest BCUT2D eigenvalue weighted by Crippen LogP contribution is -2.28. The molecule has 3 amide bonds. The predicted molar refractivity (Wildman–Crippen MR) is 153 cm³/mol. The van der Waals surface area contributed by atoms with Gasteiger partial charge >= 0.3 is 0 Å². The molecule has 3 N–H and O–H groups in total. The second-order valence-electron chi connectivity index (χ2n) is 9.23. The third-order valence-corrected chi connectivity index (χ3v) is 7.84. The van der Waals surface area contributed by atoms with Crippen LogP contribution in [0.15, 0.2) is 83.8 Å². The summed E-state index contributed by atoms with van der Waals surface area (Å²) < 4.78 is 32.6.